The lowest BCUT2D eigenvalue weighted by Gasteiger charge is -2.06. The quantitative estimate of drug-likeness (QED) is 0.788. The van der Waals surface area contributed by atoms with E-state index in [0.717, 1.165) is 33.1 Å². The molecule has 4 nitrogen and oxygen atoms in total. The molecule has 0 spiro atoms. The molecule has 0 fully saturated rings. The maximum atomic E-state index is 9.11. The minimum atomic E-state index is 0.0492. The van der Waals surface area contributed by atoms with Crippen LogP contribution in [0.1, 0.15) is 17.0 Å². The van der Waals surface area contributed by atoms with Crippen molar-refractivity contribution in [3.63, 3.8) is 0 Å². The standard InChI is InChI=1S/C16H16BrN3O/c1-11-3-4-12(2)19(11)16-9-15(17)20(18-16)14-7-5-13(10-21)6-8-14/h3-9,21H,10H2,1-2H3. The fraction of sp³-hybridized carbons (Fsp3) is 0.188. The molecule has 0 bridgehead atoms. The lowest BCUT2D eigenvalue weighted by Crippen LogP contribution is -2.02. The average Bonchev–Trinajstić information content (AvgIpc) is 3.02. The Morgan fingerprint density at radius 3 is 2.24 bits per heavy atom. The van der Waals surface area contributed by atoms with Crippen molar-refractivity contribution in [1.82, 2.24) is 14.3 Å². The molecule has 1 N–H and O–H groups in total. The summed E-state index contributed by atoms with van der Waals surface area (Å²) in [6.45, 7) is 4.18. The first-order valence-corrected chi connectivity index (χ1v) is 7.50. The zero-order valence-corrected chi connectivity index (χ0v) is 13.5. The fourth-order valence-electron chi connectivity index (χ4n) is 2.41. The first-order chi connectivity index (χ1) is 10.1. The minimum Gasteiger partial charge on any atom is -0.392 e. The molecular formula is C16H16BrN3O. The summed E-state index contributed by atoms with van der Waals surface area (Å²) < 4.78 is 4.85. The normalized spacial score (nSPS) is 11.0. The van der Waals surface area contributed by atoms with E-state index in [-0.39, 0.29) is 6.61 Å². The molecule has 0 aliphatic carbocycles. The van der Waals surface area contributed by atoms with Crippen molar-refractivity contribution < 1.29 is 5.11 Å². The van der Waals surface area contributed by atoms with E-state index >= 15 is 0 Å². The van der Waals surface area contributed by atoms with Gasteiger partial charge >= 0.3 is 0 Å². The van der Waals surface area contributed by atoms with Crippen molar-refractivity contribution >= 4 is 15.9 Å². The van der Waals surface area contributed by atoms with Crippen LogP contribution in [0.2, 0.25) is 0 Å². The lowest BCUT2D eigenvalue weighted by atomic mass is 10.2. The number of rotatable bonds is 3. The molecule has 0 aliphatic rings. The number of benzene rings is 1. The van der Waals surface area contributed by atoms with E-state index in [0.29, 0.717) is 0 Å². The van der Waals surface area contributed by atoms with E-state index in [1.165, 1.54) is 0 Å². The maximum absolute atomic E-state index is 9.11. The number of hydrogen-bond donors (Lipinski definition) is 1. The van der Waals surface area contributed by atoms with Gasteiger partial charge in [-0.2, -0.15) is 0 Å². The third-order valence-corrected chi connectivity index (χ3v) is 4.08. The van der Waals surface area contributed by atoms with Crippen LogP contribution in [0.5, 0.6) is 0 Å². The highest BCUT2D eigenvalue weighted by atomic mass is 79.9. The first kappa shape index (κ1) is 14.1. The summed E-state index contributed by atoms with van der Waals surface area (Å²) in [5.41, 5.74) is 4.15. The number of nitrogens with zero attached hydrogens (tertiary/aromatic N) is 3. The highest BCUT2D eigenvalue weighted by Gasteiger charge is 2.11. The number of aliphatic hydroxyl groups is 1. The summed E-state index contributed by atoms with van der Waals surface area (Å²) in [4.78, 5) is 0. The van der Waals surface area contributed by atoms with Crippen LogP contribution in [0.4, 0.5) is 0 Å². The van der Waals surface area contributed by atoms with E-state index in [9.17, 15) is 0 Å². The Bertz CT molecular complexity index is 752. The van der Waals surface area contributed by atoms with E-state index in [1.807, 2.05) is 35.0 Å². The van der Waals surface area contributed by atoms with Gasteiger partial charge in [0.05, 0.1) is 12.3 Å². The average molecular weight is 346 g/mol. The topological polar surface area (TPSA) is 43.0 Å². The van der Waals surface area contributed by atoms with Crippen LogP contribution >= 0.6 is 15.9 Å². The maximum Gasteiger partial charge on any atom is 0.160 e. The highest BCUT2D eigenvalue weighted by Crippen LogP contribution is 2.23. The fourth-order valence-corrected chi connectivity index (χ4v) is 2.90. The molecule has 0 saturated carbocycles. The molecule has 21 heavy (non-hydrogen) atoms. The van der Waals surface area contributed by atoms with Crippen molar-refractivity contribution in [2.75, 3.05) is 0 Å². The predicted octanol–water partition coefficient (Wildman–Crippen LogP) is 3.53. The molecule has 0 atom stereocenters. The smallest absolute Gasteiger partial charge is 0.160 e. The van der Waals surface area contributed by atoms with Gasteiger partial charge in [0.15, 0.2) is 5.82 Å². The van der Waals surface area contributed by atoms with Crippen LogP contribution in [0.3, 0.4) is 0 Å². The Balaban J connectivity index is 2.05. The second kappa shape index (κ2) is 5.50. The number of aryl methyl sites for hydroxylation is 2. The van der Waals surface area contributed by atoms with Gasteiger partial charge < -0.3 is 9.67 Å². The summed E-state index contributed by atoms with van der Waals surface area (Å²) in [6.07, 6.45) is 0. The number of halogens is 1. The number of hydrogen-bond acceptors (Lipinski definition) is 2. The molecule has 5 heteroatoms. The lowest BCUT2D eigenvalue weighted by molar-refractivity contribution is 0.282. The molecule has 3 rings (SSSR count). The Morgan fingerprint density at radius 1 is 1.05 bits per heavy atom. The summed E-state index contributed by atoms with van der Waals surface area (Å²) in [5.74, 6) is 0.883. The Labute approximate surface area is 131 Å². The summed E-state index contributed by atoms with van der Waals surface area (Å²) in [7, 11) is 0. The van der Waals surface area contributed by atoms with E-state index < -0.39 is 0 Å². The van der Waals surface area contributed by atoms with E-state index in [1.54, 1.807) is 0 Å². The minimum absolute atomic E-state index is 0.0492. The summed E-state index contributed by atoms with van der Waals surface area (Å²) in [5, 5.41) is 13.8. The van der Waals surface area contributed by atoms with Crippen molar-refractivity contribution in [3.05, 3.63) is 64.0 Å². The van der Waals surface area contributed by atoms with Crippen LogP contribution in [0.15, 0.2) is 47.1 Å². The summed E-state index contributed by atoms with van der Waals surface area (Å²) >= 11 is 3.56. The van der Waals surface area contributed by atoms with Crippen LogP contribution in [-0.2, 0) is 6.61 Å². The Kier molecular flexibility index (Phi) is 3.69. The molecule has 1 aromatic carbocycles. The van der Waals surface area contributed by atoms with Crippen LogP contribution in [0, 0.1) is 13.8 Å². The molecule has 0 unspecified atom stereocenters. The van der Waals surface area contributed by atoms with Crippen LogP contribution in [-0.4, -0.2) is 19.5 Å². The highest BCUT2D eigenvalue weighted by molar-refractivity contribution is 9.10. The van der Waals surface area contributed by atoms with Gasteiger partial charge in [-0.05, 0) is 59.6 Å². The molecule has 0 radical (unpaired) electrons. The molecule has 2 aromatic heterocycles. The van der Waals surface area contributed by atoms with Gasteiger partial charge in [-0.15, -0.1) is 5.10 Å². The first-order valence-electron chi connectivity index (χ1n) is 6.71. The molecule has 108 valence electrons. The van der Waals surface area contributed by atoms with Crippen molar-refractivity contribution in [1.29, 1.82) is 0 Å². The van der Waals surface area contributed by atoms with Gasteiger partial charge in [-0.1, -0.05) is 12.1 Å². The Hall–Kier alpha value is -1.85. The molecule has 0 aliphatic heterocycles. The van der Waals surface area contributed by atoms with Gasteiger partial charge in [-0.3, -0.25) is 0 Å². The second-order valence-electron chi connectivity index (χ2n) is 5.01. The van der Waals surface area contributed by atoms with Gasteiger partial charge in [-0.25, -0.2) is 4.68 Å². The summed E-state index contributed by atoms with van der Waals surface area (Å²) in [6, 6.07) is 13.9. The second-order valence-corrected chi connectivity index (χ2v) is 5.83. The van der Waals surface area contributed by atoms with Crippen molar-refractivity contribution in [2.24, 2.45) is 0 Å². The zero-order valence-electron chi connectivity index (χ0n) is 11.9. The van der Waals surface area contributed by atoms with Crippen LogP contribution < -0.4 is 0 Å². The van der Waals surface area contributed by atoms with E-state index in [4.69, 9.17) is 5.11 Å². The number of aromatic nitrogens is 3. The van der Waals surface area contributed by atoms with Crippen molar-refractivity contribution in [3.8, 4) is 11.5 Å². The molecule has 0 saturated heterocycles. The monoisotopic (exact) mass is 345 g/mol. The van der Waals surface area contributed by atoms with Gasteiger partial charge in [0, 0.05) is 17.5 Å². The SMILES string of the molecule is Cc1ccc(C)n1-c1cc(Br)n(-c2ccc(CO)cc2)n1. The molecule has 3 aromatic rings. The van der Waals surface area contributed by atoms with E-state index in [2.05, 4.69) is 51.6 Å². The van der Waals surface area contributed by atoms with Crippen LogP contribution in [0.25, 0.3) is 11.5 Å². The molecular weight excluding hydrogens is 330 g/mol. The predicted molar refractivity (Wildman–Crippen MR) is 86.0 cm³/mol. The third kappa shape index (κ3) is 2.54. The van der Waals surface area contributed by atoms with Gasteiger partial charge in [0.2, 0.25) is 0 Å². The molecule has 2 heterocycles. The molecule has 0 amide bonds. The van der Waals surface area contributed by atoms with Crippen molar-refractivity contribution in [2.45, 2.75) is 20.5 Å². The zero-order chi connectivity index (χ0) is 15.0. The number of aliphatic hydroxyl groups excluding tert-OH is 1. The van der Waals surface area contributed by atoms with Gasteiger partial charge in [0.25, 0.3) is 0 Å². The largest absolute Gasteiger partial charge is 0.392 e. The Morgan fingerprint density at radius 2 is 1.67 bits per heavy atom. The third-order valence-electron chi connectivity index (χ3n) is 3.52. The van der Waals surface area contributed by atoms with Gasteiger partial charge in [0.1, 0.15) is 4.60 Å².